The molecule has 0 spiro atoms. The van der Waals surface area contributed by atoms with Crippen molar-refractivity contribution in [2.75, 3.05) is 32.4 Å². The first-order chi connectivity index (χ1) is 5.68. The Bertz CT molecular complexity index is 128. The van der Waals surface area contributed by atoms with Crippen molar-refractivity contribution in [2.45, 2.75) is 25.1 Å². The molecule has 2 nitrogen and oxygen atoms in total. The number of hydrogen-bond acceptors (Lipinski definition) is 3. The molecule has 0 aromatic carbocycles. The van der Waals surface area contributed by atoms with E-state index < -0.39 is 0 Å². The lowest BCUT2D eigenvalue weighted by Crippen LogP contribution is -2.50. The third-order valence-electron chi connectivity index (χ3n) is 2.09. The van der Waals surface area contributed by atoms with Crippen LogP contribution in [0.4, 0.5) is 0 Å². The Morgan fingerprint density at radius 1 is 1.58 bits per heavy atom. The summed E-state index contributed by atoms with van der Waals surface area (Å²) < 4.78 is 0. The van der Waals surface area contributed by atoms with Crippen molar-refractivity contribution >= 4 is 11.8 Å². The van der Waals surface area contributed by atoms with Crippen molar-refractivity contribution in [3.63, 3.8) is 0 Å². The highest BCUT2D eigenvalue weighted by Gasteiger charge is 2.16. The van der Waals surface area contributed by atoms with Gasteiger partial charge in [0, 0.05) is 31.4 Å². The second-order valence-electron chi connectivity index (χ2n) is 3.80. The van der Waals surface area contributed by atoms with E-state index in [1.807, 2.05) is 0 Å². The van der Waals surface area contributed by atoms with Crippen LogP contribution < -0.4 is 5.32 Å². The maximum Gasteiger partial charge on any atom is 0.0286 e. The van der Waals surface area contributed by atoms with Crippen LogP contribution in [-0.4, -0.2) is 48.6 Å². The SMILES string of the molecule is CC(C)SCC1CN(C)CCN1. The van der Waals surface area contributed by atoms with Gasteiger partial charge in [0.25, 0.3) is 0 Å². The topological polar surface area (TPSA) is 15.3 Å². The van der Waals surface area contributed by atoms with Crippen molar-refractivity contribution < 1.29 is 0 Å². The first kappa shape index (κ1) is 10.4. The summed E-state index contributed by atoms with van der Waals surface area (Å²) in [5, 5.41) is 4.31. The maximum absolute atomic E-state index is 3.54. The van der Waals surface area contributed by atoms with Gasteiger partial charge in [-0.3, -0.25) is 0 Å². The molecule has 72 valence electrons. The number of likely N-dealkylation sites (N-methyl/N-ethyl adjacent to an activating group) is 1. The van der Waals surface area contributed by atoms with E-state index in [4.69, 9.17) is 0 Å². The summed E-state index contributed by atoms with van der Waals surface area (Å²) >= 11 is 2.05. The van der Waals surface area contributed by atoms with Crippen LogP contribution in [0, 0.1) is 0 Å². The summed E-state index contributed by atoms with van der Waals surface area (Å²) in [7, 11) is 2.20. The first-order valence-corrected chi connectivity index (χ1v) is 5.77. The van der Waals surface area contributed by atoms with Gasteiger partial charge < -0.3 is 10.2 Å². The summed E-state index contributed by atoms with van der Waals surface area (Å²) in [6.07, 6.45) is 0. The second-order valence-corrected chi connectivity index (χ2v) is 5.40. The van der Waals surface area contributed by atoms with Gasteiger partial charge in [-0.15, -0.1) is 0 Å². The number of piperazine rings is 1. The average molecular weight is 188 g/mol. The van der Waals surface area contributed by atoms with E-state index in [1.165, 1.54) is 18.8 Å². The zero-order valence-corrected chi connectivity index (χ0v) is 9.16. The van der Waals surface area contributed by atoms with Gasteiger partial charge in [-0.05, 0) is 12.3 Å². The van der Waals surface area contributed by atoms with E-state index in [9.17, 15) is 0 Å². The van der Waals surface area contributed by atoms with Crippen LogP contribution in [-0.2, 0) is 0 Å². The molecule has 0 saturated carbocycles. The van der Waals surface area contributed by atoms with Gasteiger partial charge >= 0.3 is 0 Å². The van der Waals surface area contributed by atoms with Gasteiger partial charge in [-0.2, -0.15) is 11.8 Å². The monoisotopic (exact) mass is 188 g/mol. The van der Waals surface area contributed by atoms with Crippen molar-refractivity contribution in [1.82, 2.24) is 10.2 Å². The molecule has 0 aromatic heterocycles. The van der Waals surface area contributed by atoms with E-state index in [0.717, 1.165) is 11.8 Å². The summed E-state index contributed by atoms with van der Waals surface area (Å²) in [5.41, 5.74) is 0. The van der Waals surface area contributed by atoms with Crippen molar-refractivity contribution in [3.8, 4) is 0 Å². The van der Waals surface area contributed by atoms with Gasteiger partial charge in [0.2, 0.25) is 0 Å². The molecule has 0 aliphatic carbocycles. The van der Waals surface area contributed by atoms with Crippen LogP contribution in [0.5, 0.6) is 0 Å². The molecule has 1 heterocycles. The van der Waals surface area contributed by atoms with Gasteiger partial charge in [-0.1, -0.05) is 13.8 Å². The minimum atomic E-state index is 0.705. The van der Waals surface area contributed by atoms with E-state index >= 15 is 0 Å². The zero-order valence-electron chi connectivity index (χ0n) is 8.34. The number of thioether (sulfide) groups is 1. The van der Waals surface area contributed by atoms with E-state index in [2.05, 4.69) is 42.9 Å². The van der Waals surface area contributed by atoms with Gasteiger partial charge in [-0.25, -0.2) is 0 Å². The predicted octanol–water partition coefficient (Wildman–Crippen LogP) is 1.03. The first-order valence-electron chi connectivity index (χ1n) is 4.72. The number of hydrogen-bond donors (Lipinski definition) is 1. The highest BCUT2D eigenvalue weighted by atomic mass is 32.2. The molecule has 1 aliphatic rings. The quantitative estimate of drug-likeness (QED) is 0.712. The number of rotatable bonds is 3. The fourth-order valence-corrected chi connectivity index (χ4v) is 2.25. The number of nitrogens with zero attached hydrogens (tertiary/aromatic N) is 1. The zero-order chi connectivity index (χ0) is 8.97. The molecule has 12 heavy (non-hydrogen) atoms. The van der Waals surface area contributed by atoms with Crippen LogP contribution in [0.2, 0.25) is 0 Å². The van der Waals surface area contributed by atoms with Crippen molar-refractivity contribution in [3.05, 3.63) is 0 Å². The Morgan fingerprint density at radius 2 is 2.33 bits per heavy atom. The molecule has 1 fully saturated rings. The molecule has 0 bridgehead atoms. The maximum atomic E-state index is 3.54. The second kappa shape index (κ2) is 5.10. The molecule has 1 aliphatic heterocycles. The van der Waals surface area contributed by atoms with E-state index in [-0.39, 0.29) is 0 Å². The fraction of sp³-hybridized carbons (Fsp3) is 1.00. The lowest BCUT2D eigenvalue weighted by molar-refractivity contribution is 0.250. The van der Waals surface area contributed by atoms with Gasteiger partial charge in [0.1, 0.15) is 0 Å². The summed E-state index contributed by atoms with van der Waals surface area (Å²) in [4.78, 5) is 2.40. The Labute approximate surface area is 80.1 Å². The molecule has 1 unspecified atom stereocenters. The molecular weight excluding hydrogens is 168 g/mol. The molecule has 1 N–H and O–H groups in total. The third-order valence-corrected chi connectivity index (χ3v) is 3.35. The van der Waals surface area contributed by atoms with Crippen LogP contribution in [0.15, 0.2) is 0 Å². The summed E-state index contributed by atoms with van der Waals surface area (Å²) in [6.45, 7) is 8.08. The lowest BCUT2D eigenvalue weighted by Gasteiger charge is -2.31. The Morgan fingerprint density at radius 3 is 2.92 bits per heavy atom. The molecular formula is C9H20N2S. The van der Waals surface area contributed by atoms with Crippen LogP contribution in [0.1, 0.15) is 13.8 Å². The van der Waals surface area contributed by atoms with Gasteiger partial charge in [0.15, 0.2) is 0 Å². The third kappa shape index (κ3) is 3.78. The summed E-state index contributed by atoms with van der Waals surface area (Å²) in [5.74, 6) is 1.25. The Balaban J connectivity index is 2.14. The molecule has 3 heteroatoms. The molecule has 1 rings (SSSR count). The smallest absolute Gasteiger partial charge is 0.0286 e. The highest BCUT2D eigenvalue weighted by molar-refractivity contribution is 7.99. The standard InChI is InChI=1S/C9H20N2S/c1-8(2)12-7-9-6-11(3)5-4-10-9/h8-10H,4-7H2,1-3H3. The van der Waals surface area contributed by atoms with Crippen molar-refractivity contribution in [2.24, 2.45) is 0 Å². The average Bonchev–Trinajstić information content (AvgIpc) is 2.01. The normalized spacial score (nSPS) is 26.5. The minimum Gasteiger partial charge on any atom is -0.311 e. The molecule has 0 aromatic rings. The van der Waals surface area contributed by atoms with Crippen LogP contribution >= 0.6 is 11.8 Å². The highest BCUT2D eigenvalue weighted by Crippen LogP contribution is 2.12. The fourth-order valence-electron chi connectivity index (χ4n) is 1.41. The van der Waals surface area contributed by atoms with Crippen LogP contribution in [0.3, 0.4) is 0 Å². The van der Waals surface area contributed by atoms with E-state index in [1.54, 1.807) is 0 Å². The predicted molar refractivity (Wildman–Crippen MR) is 56.9 cm³/mol. The molecule has 0 radical (unpaired) electrons. The Kier molecular flexibility index (Phi) is 4.40. The van der Waals surface area contributed by atoms with Gasteiger partial charge in [0.05, 0.1) is 0 Å². The summed E-state index contributed by atoms with van der Waals surface area (Å²) in [6, 6.07) is 0.705. The molecule has 1 atom stereocenters. The lowest BCUT2D eigenvalue weighted by atomic mass is 10.2. The number of nitrogens with one attached hydrogen (secondary N) is 1. The molecule has 0 amide bonds. The van der Waals surface area contributed by atoms with Crippen molar-refractivity contribution in [1.29, 1.82) is 0 Å². The molecule has 1 saturated heterocycles. The van der Waals surface area contributed by atoms with Crippen LogP contribution in [0.25, 0.3) is 0 Å². The Hall–Kier alpha value is 0.270. The van der Waals surface area contributed by atoms with E-state index in [0.29, 0.717) is 6.04 Å². The largest absolute Gasteiger partial charge is 0.311 e. The minimum absolute atomic E-state index is 0.705.